The summed E-state index contributed by atoms with van der Waals surface area (Å²) in [6.45, 7) is 6.53. The Morgan fingerprint density at radius 1 is 1.19 bits per heavy atom. The third-order valence-electron chi connectivity index (χ3n) is 2.99. The van der Waals surface area contributed by atoms with E-state index >= 15 is 0 Å². The fraction of sp³-hybridized carbons (Fsp3) is 0.400. The first-order valence-electron chi connectivity index (χ1n) is 6.55. The van der Waals surface area contributed by atoms with Crippen molar-refractivity contribution < 1.29 is 13.2 Å². The molecule has 1 aromatic carbocycles. The van der Waals surface area contributed by atoms with Crippen molar-refractivity contribution >= 4 is 16.6 Å². The van der Waals surface area contributed by atoms with E-state index < -0.39 is 17.3 Å². The van der Waals surface area contributed by atoms with Gasteiger partial charge in [-0.25, -0.2) is 0 Å². The van der Waals surface area contributed by atoms with Gasteiger partial charge in [0.1, 0.15) is 5.69 Å². The van der Waals surface area contributed by atoms with Gasteiger partial charge in [0, 0.05) is 11.9 Å². The number of fused-ring (bicyclic) bond motifs is 1. The number of hydrogen-bond acceptors (Lipinski definition) is 2. The van der Waals surface area contributed by atoms with E-state index in [0.717, 1.165) is 6.07 Å². The van der Waals surface area contributed by atoms with Crippen LogP contribution in [0.1, 0.15) is 26.3 Å². The van der Waals surface area contributed by atoms with E-state index in [-0.39, 0.29) is 16.6 Å². The molecule has 0 saturated heterocycles. The minimum absolute atomic E-state index is 0.0464. The number of nitrogens with one attached hydrogen (secondary N) is 2. The average molecular weight is 298 g/mol. The maximum absolute atomic E-state index is 12.9. The highest BCUT2D eigenvalue weighted by Gasteiger charge is 2.33. The van der Waals surface area contributed by atoms with Crippen molar-refractivity contribution in [1.82, 2.24) is 4.98 Å². The van der Waals surface area contributed by atoms with Crippen LogP contribution in [0.25, 0.3) is 10.9 Å². The van der Waals surface area contributed by atoms with Crippen LogP contribution in [0, 0.1) is 5.41 Å². The van der Waals surface area contributed by atoms with Crippen molar-refractivity contribution in [3.05, 3.63) is 40.2 Å². The smallest absolute Gasteiger partial charge is 0.380 e. The van der Waals surface area contributed by atoms with E-state index in [1.165, 1.54) is 12.1 Å². The molecule has 0 aliphatic heterocycles. The average Bonchev–Trinajstić information content (AvgIpc) is 2.33. The maximum Gasteiger partial charge on any atom is 0.418 e. The zero-order chi connectivity index (χ0) is 15.8. The first-order valence-corrected chi connectivity index (χ1v) is 6.55. The summed E-state index contributed by atoms with van der Waals surface area (Å²) in [4.78, 5) is 14.3. The quantitative estimate of drug-likeness (QED) is 0.880. The molecule has 0 bridgehead atoms. The normalized spacial score (nSPS) is 12.7. The van der Waals surface area contributed by atoms with Gasteiger partial charge in [-0.2, -0.15) is 13.2 Å². The van der Waals surface area contributed by atoms with E-state index in [0.29, 0.717) is 11.9 Å². The molecule has 114 valence electrons. The molecule has 3 nitrogen and oxygen atoms in total. The molecule has 0 unspecified atom stereocenters. The molecule has 0 radical (unpaired) electrons. The van der Waals surface area contributed by atoms with Crippen LogP contribution in [0.3, 0.4) is 0 Å². The van der Waals surface area contributed by atoms with Crippen LogP contribution >= 0.6 is 0 Å². The monoisotopic (exact) mass is 298 g/mol. The zero-order valence-corrected chi connectivity index (χ0v) is 12.1. The Morgan fingerprint density at radius 3 is 2.43 bits per heavy atom. The first-order chi connectivity index (χ1) is 9.58. The van der Waals surface area contributed by atoms with E-state index in [4.69, 9.17) is 0 Å². The molecule has 1 heterocycles. The standard InChI is InChI=1S/C15H17F3N2O/c1-14(2,3)8-19-11-7-9-5-4-6-10(15(16,17)18)12(9)20-13(11)21/h4-7,19H,8H2,1-3H3,(H,20,21). The number of halogens is 3. The molecule has 0 amide bonds. The number of rotatable bonds is 2. The number of pyridine rings is 1. The van der Waals surface area contributed by atoms with Gasteiger partial charge in [0.25, 0.3) is 5.56 Å². The molecule has 0 spiro atoms. The van der Waals surface area contributed by atoms with Gasteiger partial charge in [0.15, 0.2) is 0 Å². The van der Waals surface area contributed by atoms with Crippen molar-refractivity contribution in [1.29, 1.82) is 0 Å². The number of aromatic nitrogens is 1. The number of para-hydroxylation sites is 1. The molecule has 21 heavy (non-hydrogen) atoms. The number of aromatic amines is 1. The minimum Gasteiger partial charge on any atom is -0.380 e. The third-order valence-corrected chi connectivity index (χ3v) is 2.99. The van der Waals surface area contributed by atoms with Gasteiger partial charge in [-0.05, 0) is 17.5 Å². The molecule has 6 heteroatoms. The third kappa shape index (κ3) is 3.56. The largest absolute Gasteiger partial charge is 0.418 e. The highest BCUT2D eigenvalue weighted by atomic mass is 19.4. The van der Waals surface area contributed by atoms with Crippen LogP contribution in [0.4, 0.5) is 18.9 Å². The lowest BCUT2D eigenvalue weighted by atomic mass is 9.97. The summed E-state index contributed by atoms with van der Waals surface area (Å²) >= 11 is 0. The highest BCUT2D eigenvalue weighted by Crippen LogP contribution is 2.33. The second kappa shape index (κ2) is 5.09. The molecule has 0 aliphatic carbocycles. The van der Waals surface area contributed by atoms with Crippen LogP contribution in [-0.4, -0.2) is 11.5 Å². The molecule has 2 aromatic rings. The molecule has 0 fully saturated rings. The van der Waals surface area contributed by atoms with Gasteiger partial charge in [-0.1, -0.05) is 32.9 Å². The molecular weight excluding hydrogens is 281 g/mol. The molecule has 0 atom stereocenters. The zero-order valence-electron chi connectivity index (χ0n) is 12.1. The molecule has 2 rings (SSSR count). The lowest BCUT2D eigenvalue weighted by molar-refractivity contribution is -0.136. The van der Waals surface area contributed by atoms with Gasteiger partial charge in [0.05, 0.1) is 11.1 Å². The van der Waals surface area contributed by atoms with Crippen molar-refractivity contribution in [2.75, 3.05) is 11.9 Å². The molecular formula is C15H17F3N2O. The lowest BCUT2D eigenvalue weighted by Crippen LogP contribution is -2.23. The van der Waals surface area contributed by atoms with Crippen molar-refractivity contribution in [3.63, 3.8) is 0 Å². The summed E-state index contributed by atoms with van der Waals surface area (Å²) in [6.07, 6.45) is -4.50. The Morgan fingerprint density at radius 2 is 1.86 bits per heavy atom. The van der Waals surface area contributed by atoms with Gasteiger partial charge >= 0.3 is 6.18 Å². The van der Waals surface area contributed by atoms with Gasteiger partial charge in [-0.3, -0.25) is 4.79 Å². The summed E-state index contributed by atoms with van der Waals surface area (Å²) < 4.78 is 38.8. The minimum atomic E-state index is -4.50. The Balaban J connectivity index is 2.50. The number of H-pyrrole nitrogens is 1. The Kier molecular flexibility index (Phi) is 3.74. The molecule has 1 aromatic heterocycles. The maximum atomic E-state index is 12.9. The molecule has 2 N–H and O–H groups in total. The van der Waals surface area contributed by atoms with E-state index in [9.17, 15) is 18.0 Å². The van der Waals surface area contributed by atoms with E-state index in [1.807, 2.05) is 20.8 Å². The predicted octanol–water partition coefficient (Wildman–Crippen LogP) is 4.00. The summed E-state index contributed by atoms with van der Waals surface area (Å²) in [5.41, 5.74) is -1.34. The summed E-state index contributed by atoms with van der Waals surface area (Å²) in [6, 6.07) is 5.29. The van der Waals surface area contributed by atoms with Crippen LogP contribution in [0.5, 0.6) is 0 Å². The molecule has 0 saturated carbocycles. The van der Waals surface area contributed by atoms with Gasteiger partial charge < -0.3 is 10.3 Å². The Labute approximate surface area is 120 Å². The van der Waals surface area contributed by atoms with Crippen molar-refractivity contribution in [2.45, 2.75) is 26.9 Å². The van der Waals surface area contributed by atoms with E-state index in [1.54, 1.807) is 6.07 Å². The SMILES string of the molecule is CC(C)(C)CNc1cc2cccc(C(F)(F)F)c2[nH]c1=O. The molecule has 0 aliphatic rings. The Hall–Kier alpha value is -1.98. The van der Waals surface area contributed by atoms with Crippen LogP contribution in [0.2, 0.25) is 0 Å². The van der Waals surface area contributed by atoms with E-state index in [2.05, 4.69) is 10.3 Å². The van der Waals surface area contributed by atoms with Gasteiger partial charge in [0.2, 0.25) is 0 Å². The summed E-state index contributed by atoms with van der Waals surface area (Å²) in [5, 5.41) is 3.33. The highest BCUT2D eigenvalue weighted by molar-refractivity contribution is 5.84. The summed E-state index contributed by atoms with van der Waals surface area (Å²) in [7, 11) is 0. The van der Waals surface area contributed by atoms with Crippen LogP contribution in [0.15, 0.2) is 29.1 Å². The topological polar surface area (TPSA) is 44.9 Å². The second-order valence-electron chi connectivity index (χ2n) is 6.19. The number of anilines is 1. The predicted molar refractivity (Wildman–Crippen MR) is 77.5 cm³/mol. The number of alkyl halides is 3. The summed E-state index contributed by atoms with van der Waals surface area (Å²) in [5.74, 6) is 0. The fourth-order valence-corrected chi connectivity index (χ4v) is 1.96. The number of benzene rings is 1. The lowest BCUT2D eigenvalue weighted by Gasteiger charge is -2.19. The Bertz CT molecular complexity index is 711. The van der Waals surface area contributed by atoms with Crippen molar-refractivity contribution in [2.24, 2.45) is 5.41 Å². The second-order valence-corrected chi connectivity index (χ2v) is 6.19. The first kappa shape index (κ1) is 15.4. The van der Waals surface area contributed by atoms with Crippen LogP contribution < -0.4 is 10.9 Å². The van der Waals surface area contributed by atoms with Crippen molar-refractivity contribution in [3.8, 4) is 0 Å². The van der Waals surface area contributed by atoms with Gasteiger partial charge in [-0.15, -0.1) is 0 Å². The fourth-order valence-electron chi connectivity index (χ4n) is 1.96. The number of hydrogen-bond donors (Lipinski definition) is 2. The van der Waals surface area contributed by atoms with Crippen LogP contribution in [-0.2, 0) is 6.18 Å².